The molecule has 2 aliphatic heterocycles. The van der Waals surface area contributed by atoms with E-state index in [1.54, 1.807) is 77.2 Å². The highest BCUT2D eigenvalue weighted by molar-refractivity contribution is 6.31. The molecule has 4 N–H and O–H groups in total. The van der Waals surface area contributed by atoms with Crippen LogP contribution in [0.2, 0.25) is 0 Å². The van der Waals surface area contributed by atoms with Gasteiger partial charge >= 0.3 is 0 Å². The average Bonchev–Trinajstić information content (AvgIpc) is 3.11. The van der Waals surface area contributed by atoms with Gasteiger partial charge in [-0.1, -0.05) is 75.5 Å². The molecule has 2 heterocycles. The van der Waals surface area contributed by atoms with E-state index in [1.165, 1.54) is 39.4 Å². The van der Waals surface area contributed by atoms with Gasteiger partial charge in [0.15, 0.2) is 17.3 Å². The second kappa shape index (κ2) is 18.5. The van der Waals surface area contributed by atoms with Gasteiger partial charge in [0.2, 0.25) is 17.5 Å². The lowest BCUT2D eigenvalue weighted by Crippen LogP contribution is -2.35. The Morgan fingerprint density at radius 1 is 0.846 bits per heavy atom. The monoisotopic (exact) mass is 719 g/mol. The third-order valence-electron chi connectivity index (χ3n) is 9.17. The topological polar surface area (TPSA) is 177 Å². The van der Waals surface area contributed by atoms with E-state index >= 15 is 0 Å². The SMILES string of the molecule is COc1c(C)cc2c3c1C(=O)/C(C)=C/[C@H](C)[C@@H](O)[C@@H](C)/C=C/[C@@H](O)C/C=C(\C)C(=O)C[C@H](O)[C@@H](C)/C=C/C=C\C=C/C(=O)NC(=C([18O]C)C3=O)C2=[18O]. The quantitative estimate of drug-likeness (QED) is 0.240. The molecule has 1 aromatic rings. The number of benzene rings is 1. The molecule has 0 saturated carbocycles. The second-order valence-corrected chi connectivity index (χ2v) is 13.2. The number of hydrogen-bond donors (Lipinski definition) is 4. The highest BCUT2D eigenvalue weighted by Gasteiger charge is 2.39. The minimum Gasteiger partial charge on any atom is -0.496 e. The number of carbonyl (C=O) groups excluding carboxylic acids is 5. The van der Waals surface area contributed by atoms with Crippen LogP contribution in [0.5, 0.6) is 5.75 Å². The summed E-state index contributed by atoms with van der Waals surface area (Å²) >= 11 is 0. The number of fused-ring (bicyclic) bond motifs is 18. The molecule has 1 amide bonds. The number of nitrogens with one attached hydrogen (secondary N) is 1. The maximum atomic E-state index is 14.1. The van der Waals surface area contributed by atoms with Crippen molar-refractivity contribution in [2.24, 2.45) is 17.8 Å². The maximum absolute atomic E-state index is 14.1. The predicted octanol–water partition coefficient (Wildman–Crippen LogP) is 5.01. The fourth-order valence-corrected chi connectivity index (χ4v) is 5.96. The van der Waals surface area contributed by atoms with Gasteiger partial charge in [0.25, 0.3) is 0 Å². The number of amides is 1. The van der Waals surface area contributed by atoms with Gasteiger partial charge in [0.1, 0.15) is 11.4 Å². The lowest BCUT2D eigenvalue weighted by atomic mass is 9.83. The smallest absolute Gasteiger partial charge is 0.248 e. The summed E-state index contributed by atoms with van der Waals surface area (Å²) in [6.07, 6.45) is 12.6. The third kappa shape index (κ3) is 9.87. The van der Waals surface area contributed by atoms with Crippen LogP contribution in [0.25, 0.3) is 0 Å². The number of aryl methyl sites for hydroxylation is 1. The van der Waals surface area contributed by atoms with Crippen molar-refractivity contribution < 1.29 is 48.8 Å². The van der Waals surface area contributed by atoms with Crippen LogP contribution in [0.15, 0.2) is 89.4 Å². The third-order valence-corrected chi connectivity index (χ3v) is 9.17. The standard InChI is InChI=1S/C41H49NO10/c1-22-13-11-9-10-12-14-32(46)42-35-38(49)29-20-27(6)40(51-7)34(33(29)39(50)41(35)52-8)37(48)26(5)19-25(4)36(47)24(3)16-18-28(43)17-15-23(2)31(45)21-30(22)44/h9-16,18-20,22,24-25,28,30,36,43-44,47H,17,21H2,1-8H3,(H,42,46)/b10-9-,13-11+,14-12-,18-16+,23-15+,26-19+/t22-,24-,25-,28-,30-,36-/m0/s1/i49+2,52+2. The van der Waals surface area contributed by atoms with Gasteiger partial charge in [-0.15, -0.1) is 0 Å². The van der Waals surface area contributed by atoms with Crippen LogP contribution in [0.4, 0.5) is 0 Å². The van der Waals surface area contributed by atoms with Crippen molar-refractivity contribution in [2.45, 2.75) is 72.7 Å². The van der Waals surface area contributed by atoms with Gasteiger partial charge in [0.05, 0.1) is 43.7 Å². The first-order valence-corrected chi connectivity index (χ1v) is 17.1. The Balaban J connectivity index is 2.11. The molecule has 0 saturated heterocycles. The number of hydrogen-bond acceptors (Lipinski definition) is 10. The number of Topliss-reactive ketones (excluding diaryl/α,β-unsaturated/α-hetero) is 4. The van der Waals surface area contributed by atoms with E-state index in [-0.39, 0.29) is 58.3 Å². The fraction of sp³-hybridized carbons (Fsp3) is 0.390. The van der Waals surface area contributed by atoms with Gasteiger partial charge in [-0.3, -0.25) is 24.0 Å². The first kappa shape index (κ1) is 41.5. The van der Waals surface area contributed by atoms with Gasteiger partial charge in [0, 0.05) is 35.8 Å². The highest BCUT2D eigenvalue weighted by Crippen LogP contribution is 2.37. The minimum absolute atomic E-state index is 0.0908. The summed E-state index contributed by atoms with van der Waals surface area (Å²) in [5.41, 5.74) is 0.126. The van der Waals surface area contributed by atoms with Crippen LogP contribution in [0.3, 0.4) is 0 Å². The number of ether oxygens (including phenoxy) is 2. The first-order chi connectivity index (χ1) is 24.5. The number of rotatable bonds is 2. The second-order valence-electron chi connectivity index (χ2n) is 13.2. The summed E-state index contributed by atoms with van der Waals surface area (Å²) < 4.78 is 10.9. The molecule has 0 unspecified atom stereocenters. The summed E-state index contributed by atoms with van der Waals surface area (Å²) in [5.74, 6) is -4.87. The Kier molecular flexibility index (Phi) is 14.7. The molecular formula is C41H49NO10. The summed E-state index contributed by atoms with van der Waals surface area (Å²) in [7, 11) is 2.52. The molecule has 0 spiro atoms. The number of allylic oxidation sites excluding steroid dienone is 8. The lowest BCUT2D eigenvalue weighted by Gasteiger charge is -2.25. The molecule has 4 bridgehead atoms. The van der Waals surface area contributed by atoms with Crippen LogP contribution >= 0.6 is 0 Å². The molecule has 3 aliphatic rings. The Morgan fingerprint density at radius 2 is 1.52 bits per heavy atom. The van der Waals surface area contributed by atoms with E-state index in [9.17, 15) is 39.3 Å². The zero-order chi connectivity index (χ0) is 38.9. The lowest BCUT2D eigenvalue weighted by molar-refractivity contribution is -0.118. The number of methoxy groups -OCH3 is 2. The molecule has 11 heteroatoms. The number of ketones is 4. The molecule has 278 valence electrons. The molecule has 0 fully saturated rings. The van der Waals surface area contributed by atoms with Crippen molar-refractivity contribution in [1.29, 1.82) is 0 Å². The predicted molar refractivity (Wildman–Crippen MR) is 197 cm³/mol. The maximum Gasteiger partial charge on any atom is 0.248 e. The normalized spacial score (nSPS) is 30.5. The van der Waals surface area contributed by atoms with E-state index in [0.29, 0.717) is 11.1 Å². The summed E-state index contributed by atoms with van der Waals surface area (Å²) in [4.78, 5) is 67.5. The Bertz CT molecular complexity index is 1800. The molecule has 0 aromatic heterocycles. The van der Waals surface area contributed by atoms with Crippen molar-refractivity contribution in [3.63, 3.8) is 0 Å². The van der Waals surface area contributed by atoms with Crippen molar-refractivity contribution in [3.05, 3.63) is 112 Å². The summed E-state index contributed by atoms with van der Waals surface area (Å²) in [6.45, 7) is 10.0. The molecule has 11 nitrogen and oxygen atoms in total. The highest BCUT2D eigenvalue weighted by atomic mass is 18.3. The molecule has 52 heavy (non-hydrogen) atoms. The Hall–Kier alpha value is -4.97. The summed E-state index contributed by atoms with van der Waals surface area (Å²) in [5, 5.41) is 34.7. The molecule has 1 aromatic carbocycles. The average molecular weight is 720 g/mol. The van der Waals surface area contributed by atoms with Gasteiger partial charge in [-0.25, -0.2) is 0 Å². The first-order valence-electron chi connectivity index (χ1n) is 17.1. The van der Waals surface area contributed by atoms with Crippen molar-refractivity contribution in [1.82, 2.24) is 5.32 Å². The van der Waals surface area contributed by atoms with Crippen LogP contribution in [0.1, 0.15) is 84.1 Å². The van der Waals surface area contributed by atoms with Gasteiger partial charge < -0.3 is 30.1 Å². The van der Waals surface area contributed by atoms with Gasteiger partial charge in [-0.2, -0.15) is 0 Å². The number of aliphatic hydroxyl groups excluding tert-OH is 3. The molecule has 6 atom stereocenters. The minimum atomic E-state index is -0.978. The fourth-order valence-electron chi connectivity index (χ4n) is 5.96. The van der Waals surface area contributed by atoms with E-state index in [1.807, 2.05) is 0 Å². The van der Waals surface area contributed by atoms with Crippen LogP contribution in [-0.2, 0) is 14.3 Å². The number of aliphatic hydroxyl groups is 3. The van der Waals surface area contributed by atoms with E-state index in [2.05, 4.69) is 5.32 Å². The Labute approximate surface area is 304 Å². The molecule has 1 aliphatic carbocycles. The van der Waals surface area contributed by atoms with Crippen molar-refractivity contribution >= 4 is 29.0 Å². The van der Waals surface area contributed by atoms with Gasteiger partial charge in [-0.05, 0) is 50.0 Å². The van der Waals surface area contributed by atoms with Crippen molar-refractivity contribution in [3.8, 4) is 5.75 Å². The van der Waals surface area contributed by atoms with Crippen LogP contribution in [0, 0.1) is 24.7 Å². The zero-order valence-electron chi connectivity index (χ0n) is 30.9. The zero-order valence-corrected chi connectivity index (χ0v) is 30.9. The molecule has 0 radical (unpaired) electrons. The van der Waals surface area contributed by atoms with Crippen LogP contribution in [-0.4, -0.2) is 76.9 Å². The number of carbonyl (C=O) groups is 5. The summed E-state index contributed by atoms with van der Waals surface area (Å²) in [6, 6.07) is 1.43. The molecular weight excluding hydrogens is 670 g/mol. The Morgan fingerprint density at radius 3 is 2.17 bits per heavy atom. The van der Waals surface area contributed by atoms with Crippen LogP contribution < -0.4 is 10.1 Å². The van der Waals surface area contributed by atoms with E-state index in [0.717, 1.165) is 6.08 Å². The van der Waals surface area contributed by atoms with E-state index in [4.69, 9.17) is 9.47 Å². The van der Waals surface area contributed by atoms with Crippen molar-refractivity contribution in [2.75, 3.05) is 14.2 Å². The molecule has 4 rings (SSSR count). The largest absolute Gasteiger partial charge is 0.496 e. The van der Waals surface area contributed by atoms with E-state index < -0.39 is 59.2 Å².